The minimum absolute atomic E-state index is 0.0220. The highest BCUT2D eigenvalue weighted by Crippen LogP contribution is 2.08. The van der Waals surface area contributed by atoms with Gasteiger partial charge in [-0.05, 0) is 6.08 Å². The zero-order valence-electron chi connectivity index (χ0n) is 3.59. The monoisotopic (exact) mass is 116 g/mol. The maximum absolute atomic E-state index is 10.2. The summed E-state index contributed by atoms with van der Waals surface area (Å²) in [7, 11) is 0. The molecule has 0 aromatic rings. The van der Waals surface area contributed by atoms with Gasteiger partial charge in [-0.25, -0.2) is 0 Å². The molecule has 1 heterocycles. The summed E-state index contributed by atoms with van der Waals surface area (Å²) in [4.78, 5) is 10.2. The second kappa shape index (κ2) is 2.14. The van der Waals surface area contributed by atoms with E-state index in [9.17, 15) is 4.79 Å². The Hall–Kier alpha value is -0.280. The van der Waals surface area contributed by atoms with Crippen LogP contribution in [0.4, 0.5) is 0 Å². The summed E-state index contributed by atoms with van der Waals surface area (Å²) in [5.74, 6) is 0. The van der Waals surface area contributed by atoms with Crippen LogP contribution in [0, 0.1) is 0 Å². The molecule has 0 amide bonds. The van der Waals surface area contributed by atoms with Crippen LogP contribution in [0.2, 0.25) is 0 Å². The van der Waals surface area contributed by atoms with Gasteiger partial charge in [-0.2, -0.15) is 0 Å². The molecule has 1 rings (SSSR count). The van der Waals surface area contributed by atoms with Crippen molar-refractivity contribution in [1.82, 2.24) is 0 Å². The maximum Gasteiger partial charge on any atom is 0.238 e. The molecule has 38 valence electrons. The molecule has 1 aliphatic heterocycles. The number of rotatable bonds is 0. The van der Waals surface area contributed by atoms with Crippen LogP contribution in [0.15, 0.2) is 12.2 Å². The normalized spacial score (nSPS) is 20.3. The van der Waals surface area contributed by atoms with Crippen molar-refractivity contribution in [3.05, 3.63) is 12.2 Å². The highest BCUT2D eigenvalue weighted by Gasteiger charge is 2.00. The fourth-order valence-corrected chi connectivity index (χ4v) is 0.718. The van der Waals surface area contributed by atoms with Gasteiger partial charge in [0.1, 0.15) is 0 Å². The molecule has 0 aliphatic carbocycles. The molecule has 0 spiro atoms. The molecule has 0 saturated carbocycles. The molecule has 1 aliphatic rings. The first-order chi connectivity index (χ1) is 3.39. The lowest BCUT2D eigenvalue weighted by Gasteiger charge is -1.97. The van der Waals surface area contributed by atoms with Crippen molar-refractivity contribution >= 4 is 17.2 Å². The van der Waals surface area contributed by atoms with Crippen LogP contribution in [0.1, 0.15) is 0 Å². The van der Waals surface area contributed by atoms with Gasteiger partial charge in [0.05, 0.1) is 18.6 Å². The summed E-state index contributed by atoms with van der Waals surface area (Å²) in [6.45, 7) is 0.552. The van der Waals surface area contributed by atoms with Gasteiger partial charge in [0.2, 0.25) is 5.12 Å². The zero-order valence-corrected chi connectivity index (χ0v) is 4.40. The Bertz CT molecular complexity index is 108. The molecule has 7 heavy (non-hydrogen) atoms. The topological polar surface area (TPSA) is 26.3 Å². The molecule has 3 heteroatoms. The summed E-state index contributed by atoms with van der Waals surface area (Å²) >= 11 is 0.892. The summed E-state index contributed by atoms with van der Waals surface area (Å²) in [5.41, 5.74) is 0. The molecule has 0 saturated heterocycles. The van der Waals surface area contributed by atoms with Gasteiger partial charge in [0.25, 0.3) is 0 Å². The Morgan fingerprint density at radius 3 is 3.00 bits per heavy atom. The Balaban J connectivity index is 2.51. The van der Waals surface area contributed by atoms with Crippen molar-refractivity contribution in [2.75, 3.05) is 6.61 Å². The number of carbonyl (C=O) groups is 1. The predicted molar refractivity (Wildman–Crippen MR) is 27.7 cm³/mol. The van der Waals surface area contributed by atoms with Gasteiger partial charge in [-0.15, -0.1) is 0 Å². The van der Waals surface area contributed by atoms with E-state index in [1.165, 1.54) is 6.08 Å². The second-order valence-electron chi connectivity index (χ2n) is 1.09. The molecule has 2 nitrogen and oxygen atoms in total. The van der Waals surface area contributed by atoms with E-state index in [0.717, 1.165) is 12.0 Å². The SMILES string of the molecule is O=C1C=CCOS1. The van der Waals surface area contributed by atoms with E-state index in [2.05, 4.69) is 4.18 Å². The summed E-state index contributed by atoms with van der Waals surface area (Å²) in [6.07, 6.45) is 3.20. The average molecular weight is 116 g/mol. The predicted octanol–water partition coefficient (Wildman–Crippen LogP) is 0.748. The zero-order chi connectivity index (χ0) is 5.11. The standard InChI is InChI=1S/C4H4O2S/c5-4-2-1-3-6-7-4/h1-2H,3H2. The third-order valence-electron chi connectivity index (χ3n) is 0.559. The van der Waals surface area contributed by atoms with Crippen molar-refractivity contribution in [1.29, 1.82) is 0 Å². The minimum Gasteiger partial charge on any atom is -0.304 e. The van der Waals surface area contributed by atoms with Crippen LogP contribution >= 0.6 is 12.0 Å². The van der Waals surface area contributed by atoms with E-state index in [1.54, 1.807) is 6.08 Å². The Kier molecular flexibility index (Phi) is 1.49. The largest absolute Gasteiger partial charge is 0.304 e. The van der Waals surface area contributed by atoms with Crippen molar-refractivity contribution in [3.63, 3.8) is 0 Å². The van der Waals surface area contributed by atoms with Gasteiger partial charge in [0, 0.05) is 0 Å². The third-order valence-corrected chi connectivity index (χ3v) is 1.11. The molecule has 0 atom stereocenters. The second-order valence-corrected chi connectivity index (χ2v) is 1.89. The van der Waals surface area contributed by atoms with Crippen molar-refractivity contribution < 1.29 is 8.98 Å². The van der Waals surface area contributed by atoms with E-state index in [-0.39, 0.29) is 5.12 Å². The molecule has 0 aromatic carbocycles. The Labute approximate surface area is 45.7 Å². The molecular weight excluding hydrogens is 112 g/mol. The van der Waals surface area contributed by atoms with Crippen LogP contribution in [-0.2, 0) is 8.98 Å². The van der Waals surface area contributed by atoms with Crippen LogP contribution in [-0.4, -0.2) is 11.7 Å². The van der Waals surface area contributed by atoms with Gasteiger partial charge in [0.15, 0.2) is 0 Å². The van der Waals surface area contributed by atoms with Crippen molar-refractivity contribution in [3.8, 4) is 0 Å². The van der Waals surface area contributed by atoms with E-state index in [4.69, 9.17) is 0 Å². The van der Waals surface area contributed by atoms with Crippen LogP contribution in [0.3, 0.4) is 0 Å². The highest BCUT2D eigenvalue weighted by atomic mass is 32.2. The van der Waals surface area contributed by atoms with Gasteiger partial charge >= 0.3 is 0 Å². The summed E-state index contributed by atoms with van der Waals surface area (Å²) in [6, 6.07) is 0. The van der Waals surface area contributed by atoms with Gasteiger partial charge in [-0.3, -0.25) is 4.79 Å². The van der Waals surface area contributed by atoms with E-state index in [1.807, 2.05) is 0 Å². The molecule has 0 fully saturated rings. The Morgan fingerprint density at radius 2 is 2.71 bits per heavy atom. The van der Waals surface area contributed by atoms with Crippen LogP contribution in [0.5, 0.6) is 0 Å². The smallest absolute Gasteiger partial charge is 0.238 e. The third kappa shape index (κ3) is 1.33. The molecule has 0 bridgehead atoms. The quantitative estimate of drug-likeness (QED) is 0.437. The van der Waals surface area contributed by atoms with Gasteiger partial charge < -0.3 is 4.18 Å². The number of hydrogen-bond acceptors (Lipinski definition) is 3. The lowest BCUT2D eigenvalue weighted by Crippen LogP contribution is -1.94. The molecule has 0 unspecified atom stereocenters. The first kappa shape index (κ1) is 4.87. The van der Waals surface area contributed by atoms with E-state index >= 15 is 0 Å². The van der Waals surface area contributed by atoms with Crippen molar-refractivity contribution in [2.24, 2.45) is 0 Å². The lowest BCUT2D eigenvalue weighted by molar-refractivity contribution is -0.107. The first-order valence-electron chi connectivity index (χ1n) is 1.89. The number of hydrogen-bond donors (Lipinski definition) is 0. The molecule has 0 radical (unpaired) electrons. The fraction of sp³-hybridized carbons (Fsp3) is 0.250. The molecular formula is C4H4O2S. The summed E-state index contributed by atoms with van der Waals surface area (Å²) in [5, 5.41) is -0.0220. The van der Waals surface area contributed by atoms with Crippen molar-refractivity contribution in [2.45, 2.75) is 0 Å². The highest BCUT2D eigenvalue weighted by molar-refractivity contribution is 8.10. The number of carbonyl (C=O) groups excluding carboxylic acids is 1. The first-order valence-corrected chi connectivity index (χ1v) is 2.64. The van der Waals surface area contributed by atoms with Crippen LogP contribution in [0.25, 0.3) is 0 Å². The lowest BCUT2D eigenvalue weighted by atomic mass is 10.5. The van der Waals surface area contributed by atoms with Crippen LogP contribution < -0.4 is 0 Å². The molecule has 0 N–H and O–H groups in total. The summed E-state index contributed by atoms with van der Waals surface area (Å²) < 4.78 is 4.66. The van der Waals surface area contributed by atoms with E-state index < -0.39 is 0 Å². The van der Waals surface area contributed by atoms with Gasteiger partial charge in [-0.1, -0.05) is 6.08 Å². The maximum atomic E-state index is 10.2. The Morgan fingerprint density at radius 1 is 1.86 bits per heavy atom. The fourth-order valence-electron chi connectivity index (χ4n) is 0.303. The minimum atomic E-state index is -0.0220. The van der Waals surface area contributed by atoms with E-state index in [0.29, 0.717) is 6.61 Å². The molecule has 0 aromatic heterocycles. The average Bonchev–Trinajstić information content (AvgIpc) is 1.69.